The van der Waals surface area contributed by atoms with Gasteiger partial charge < -0.3 is 0 Å². The maximum absolute atomic E-state index is 3.93. The van der Waals surface area contributed by atoms with Gasteiger partial charge in [-0.05, 0) is 28.0 Å². The minimum absolute atomic E-state index is 0.0740. The summed E-state index contributed by atoms with van der Waals surface area (Å²) in [6.45, 7) is 0.960. The standard InChI is InChI=1S/C10H11N5/c1-2-4-9-8(3-1)5-6-11-10(9)15-7-12-13-14-15/h1-4,7,10-11H,5-6H2. The van der Waals surface area contributed by atoms with Crippen molar-refractivity contribution in [1.82, 2.24) is 25.5 Å². The Labute approximate surface area is 87.1 Å². The van der Waals surface area contributed by atoms with Crippen molar-refractivity contribution in [2.24, 2.45) is 0 Å². The summed E-state index contributed by atoms with van der Waals surface area (Å²) in [4.78, 5) is 0. The number of nitrogens with zero attached hydrogens (tertiary/aromatic N) is 4. The van der Waals surface area contributed by atoms with Crippen LogP contribution in [-0.2, 0) is 6.42 Å². The topological polar surface area (TPSA) is 55.6 Å². The summed E-state index contributed by atoms with van der Waals surface area (Å²) in [6.07, 6.45) is 2.78. The zero-order chi connectivity index (χ0) is 10.1. The fourth-order valence-corrected chi connectivity index (χ4v) is 2.00. The molecule has 1 aliphatic rings. The molecule has 0 radical (unpaired) electrons. The third kappa shape index (κ3) is 1.41. The van der Waals surface area contributed by atoms with E-state index in [2.05, 4.69) is 39.0 Å². The van der Waals surface area contributed by atoms with Crippen molar-refractivity contribution in [3.63, 3.8) is 0 Å². The Balaban J connectivity index is 2.06. The van der Waals surface area contributed by atoms with Crippen molar-refractivity contribution in [2.75, 3.05) is 6.54 Å². The summed E-state index contributed by atoms with van der Waals surface area (Å²) in [5, 5.41) is 14.7. The molecule has 0 saturated heterocycles. The first-order chi connectivity index (χ1) is 7.45. The second-order valence-electron chi connectivity index (χ2n) is 3.60. The van der Waals surface area contributed by atoms with E-state index in [1.807, 2.05) is 6.07 Å². The van der Waals surface area contributed by atoms with E-state index in [9.17, 15) is 0 Å². The number of aromatic nitrogens is 4. The van der Waals surface area contributed by atoms with E-state index in [0.29, 0.717) is 0 Å². The molecular formula is C10H11N5. The molecule has 5 heteroatoms. The van der Waals surface area contributed by atoms with E-state index >= 15 is 0 Å². The van der Waals surface area contributed by atoms with Crippen LogP contribution in [0, 0.1) is 0 Å². The molecule has 1 N–H and O–H groups in total. The molecule has 2 heterocycles. The van der Waals surface area contributed by atoms with E-state index in [1.165, 1.54) is 11.1 Å². The lowest BCUT2D eigenvalue weighted by molar-refractivity contribution is 0.402. The first kappa shape index (κ1) is 8.55. The molecule has 1 aliphatic heterocycles. The van der Waals surface area contributed by atoms with Crippen LogP contribution in [0.5, 0.6) is 0 Å². The zero-order valence-electron chi connectivity index (χ0n) is 8.17. The van der Waals surface area contributed by atoms with Gasteiger partial charge in [0.15, 0.2) is 0 Å². The third-order valence-corrected chi connectivity index (χ3v) is 2.71. The highest BCUT2D eigenvalue weighted by Crippen LogP contribution is 2.22. The minimum Gasteiger partial charge on any atom is -0.291 e. The van der Waals surface area contributed by atoms with Crippen molar-refractivity contribution in [1.29, 1.82) is 0 Å². The first-order valence-corrected chi connectivity index (χ1v) is 4.99. The fourth-order valence-electron chi connectivity index (χ4n) is 2.00. The molecule has 15 heavy (non-hydrogen) atoms. The largest absolute Gasteiger partial charge is 0.291 e. The predicted octanol–water partition coefficient (Wildman–Crippen LogP) is 0.366. The van der Waals surface area contributed by atoms with Gasteiger partial charge in [0, 0.05) is 6.54 Å². The van der Waals surface area contributed by atoms with Gasteiger partial charge in [-0.15, -0.1) is 5.10 Å². The molecule has 0 aliphatic carbocycles. The van der Waals surface area contributed by atoms with Crippen LogP contribution in [0.25, 0.3) is 0 Å². The second kappa shape index (κ2) is 3.43. The maximum atomic E-state index is 3.93. The van der Waals surface area contributed by atoms with Crippen molar-refractivity contribution in [3.8, 4) is 0 Å². The molecule has 1 aromatic carbocycles. The Kier molecular flexibility index (Phi) is 1.96. The molecule has 3 rings (SSSR count). The summed E-state index contributed by atoms with van der Waals surface area (Å²) < 4.78 is 1.75. The normalized spacial score (nSPS) is 19.9. The van der Waals surface area contributed by atoms with E-state index in [-0.39, 0.29) is 6.17 Å². The highest BCUT2D eigenvalue weighted by atomic mass is 15.6. The van der Waals surface area contributed by atoms with Crippen molar-refractivity contribution in [3.05, 3.63) is 41.7 Å². The summed E-state index contributed by atoms with van der Waals surface area (Å²) in [7, 11) is 0. The fraction of sp³-hybridized carbons (Fsp3) is 0.300. The van der Waals surface area contributed by atoms with E-state index < -0.39 is 0 Å². The highest BCUT2D eigenvalue weighted by molar-refractivity contribution is 5.32. The van der Waals surface area contributed by atoms with E-state index in [0.717, 1.165) is 13.0 Å². The zero-order valence-corrected chi connectivity index (χ0v) is 8.17. The van der Waals surface area contributed by atoms with Gasteiger partial charge in [-0.2, -0.15) is 0 Å². The van der Waals surface area contributed by atoms with Gasteiger partial charge in [-0.3, -0.25) is 5.32 Å². The number of rotatable bonds is 1. The lowest BCUT2D eigenvalue weighted by atomic mass is 9.99. The SMILES string of the molecule is c1ccc2c(c1)CCNC2n1cnnn1. The molecule has 0 saturated carbocycles. The molecule has 0 fully saturated rings. The van der Waals surface area contributed by atoms with E-state index in [1.54, 1.807) is 11.0 Å². The highest BCUT2D eigenvalue weighted by Gasteiger charge is 2.20. The Morgan fingerprint density at radius 1 is 1.33 bits per heavy atom. The van der Waals surface area contributed by atoms with Crippen LogP contribution in [-0.4, -0.2) is 26.8 Å². The van der Waals surface area contributed by atoms with Gasteiger partial charge in [-0.25, -0.2) is 4.68 Å². The summed E-state index contributed by atoms with van der Waals surface area (Å²) >= 11 is 0. The number of hydrogen-bond donors (Lipinski definition) is 1. The summed E-state index contributed by atoms with van der Waals surface area (Å²) in [5.74, 6) is 0. The van der Waals surface area contributed by atoms with Crippen LogP contribution in [0.2, 0.25) is 0 Å². The minimum atomic E-state index is 0.0740. The Morgan fingerprint density at radius 2 is 2.27 bits per heavy atom. The molecule has 76 valence electrons. The molecular weight excluding hydrogens is 190 g/mol. The average molecular weight is 201 g/mol. The molecule has 1 aromatic heterocycles. The number of benzene rings is 1. The van der Waals surface area contributed by atoms with Gasteiger partial charge in [0.1, 0.15) is 12.5 Å². The van der Waals surface area contributed by atoms with Gasteiger partial charge >= 0.3 is 0 Å². The Morgan fingerprint density at radius 3 is 3.13 bits per heavy atom. The Bertz CT molecular complexity index is 451. The second-order valence-corrected chi connectivity index (χ2v) is 3.60. The van der Waals surface area contributed by atoms with Crippen molar-refractivity contribution >= 4 is 0 Å². The molecule has 1 unspecified atom stereocenters. The molecule has 2 aromatic rings. The van der Waals surface area contributed by atoms with Crippen LogP contribution in [0.1, 0.15) is 17.3 Å². The molecule has 0 amide bonds. The van der Waals surface area contributed by atoms with Crippen LogP contribution in [0.3, 0.4) is 0 Å². The quantitative estimate of drug-likeness (QED) is 0.724. The van der Waals surface area contributed by atoms with Gasteiger partial charge in [0.05, 0.1) is 0 Å². The van der Waals surface area contributed by atoms with Crippen LogP contribution in [0.15, 0.2) is 30.6 Å². The van der Waals surface area contributed by atoms with Gasteiger partial charge in [0.2, 0.25) is 0 Å². The Hall–Kier alpha value is -1.75. The number of hydrogen-bond acceptors (Lipinski definition) is 4. The lowest BCUT2D eigenvalue weighted by Gasteiger charge is -2.26. The lowest BCUT2D eigenvalue weighted by Crippen LogP contribution is -2.34. The van der Waals surface area contributed by atoms with Crippen molar-refractivity contribution in [2.45, 2.75) is 12.6 Å². The number of fused-ring (bicyclic) bond motifs is 1. The van der Waals surface area contributed by atoms with Gasteiger partial charge in [0.25, 0.3) is 0 Å². The third-order valence-electron chi connectivity index (χ3n) is 2.71. The van der Waals surface area contributed by atoms with Crippen LogP contribution >= 0.6 is 0 Å². The first-order valence-electron chi connectivity index (χ1n) is 4.99. The smallest absolute Gasteiger partial charge is 0.140 e. The van der Waals surface area contributed by atoms with Crippen LogP contribution in [0.4, 0.5) is 0 Å². The average Bonchev–Trinajstić information content (AvgIpc) is 2.82. The monoisotopic (exact) mass is 201 g/mol. The predicted molar refractivity (Wildman–Crippen MR) is 54.1 cm³/mol. The number of nitrogens with one attached hydrogen (secondary N) is 1. The number of tetrazole rings is 1. The maximum Gasteiger partial charge on any atom is 0.140 e. The van der Waals surface area contributed by atoms with E-state index in [4.69, 9.17) is 0 Å². The molecule has 0 bridgehead atoms. The molecule has 1 atom stereocenters. The van der Waals surface area contributed by atoms with Gasteiger partial charge in [-0.1, -0.05) is 24.3 Å². The molecule has 0 spiro atoms. The van der Waals surface area contributed by atoms with Crippen molar-refractivity contribution < 1.29 is 0 Å². The summed E-state index contributed by atoms with van der Waals surface area (Å²) in [5.41, 5.74) is 2.63. The summed E-state index contributed by atoms with van der Waals surface area (Å²) in [6, 6.07) is 8.39. The van der Waals surface area contributed by atoms with Crippen LogP contribution < -0.4 is 5.32 Å². The molecule has 5 nitrogen and oxygen atoms in total.